The second kappa shape index (κ2) is 9.11. The van der Waals surface area contributed by atoms with Gasteiger partial charge in [-0.3, -0.25) is 9.52 Å². The lowest BCUT2D eigenvalue weighted by Gasteiger charge is -2.19. The topological polar surface area (TPSA) is 132 Å². The Morgan fingerprint density at radius 2 is 1.46 bits per heavy atom. The van der Waals surface area contributed by atoms with E-state index in [2.05, 4.69) is 25.3 Å². The first-order valence-corrected chi connectivity index (χ1v) is 12.2. The molecule has 11 heteroatoms. The number of ether oxygens (including phenoxy) is 2. The Bertz CT molecular complexity index is 1520. The van der Waals surface area contributed by atoms with Crippen LogP contribution in [0, 0.1) is 0 Å². The molecule has 2 heterocycles. The van der Waals surface area contributed by atoms with Crippen LogP contribution in [-0.2, 0) is 14.8 Å². The third-order valence-corrected chi connectivity index (χ3v) is 6.45. The van der Waals surface area contributed by atoms with E-state index in [1.165, 1.54) is 31.2 Å². The van der Waals surface area contributed by atoms with Crippen LogP contribution < -0.4 is 24.8 Å². The summed E-state index contributed by atoms with van der Waals surface area (Å²) in [5.41, 5.74) is 2.23. The maximum atomic E-state index is 13.1. The molecule has 0 fully saturated rings. The van der Waals surface area contributed by atoms with Gasteiger partial charge in [-0.05, 0) is 48.5 Å². The number of amides is 1. The van der Waals surface area contributed by atoms with Crippen molar-refractivity contribution in [2.75, 3.05) is 28.6 Å². The zero-order valence-corrected chi connectivity index (χ0v) is 19.4. The molecule has 0 bridgehead atoms. The molecule has 0 spiro atoms. The fourth-order valence-corrected chi connectivity index (χ4v) is 4.53. The summed E-state index contributed by atoms with van der Waals surface area (Å²) < 4.78 is 40.0. The van der Waals surface area contributed by atoms with E-state index in [9.17, 15) is 13.2 Å². The Hall–Kier alpha value is -4.38. The summed E-state index contributed by atoms with van der Waals surface area (Å²) in [5, 5.41) is 5.74. The molecule has 1 amide bonds. The predicted molar refractivity (Wildman–Crippen MR) is 132 cm³/mol. The second-order valence-electron chi connectivity index (χ2n) is 7.70. The third-order valence-electron chi connectivity index (χ3n) is 5.09. The second-order valence-corrected chi connectivity index (χ2v) is 9.39. The summed E-state index contributed by atoms with van der Waals surface area (Å²) in [4.78, 5) is 20.3. The summed E-state index contributed by atoms with van der Waals surface area (Å²) in [6, 6.07) is 18.3. The van der Waals surface area contributed by atoms with Gasteiger partial charge in [-0.15, -0.1) is 0 Å². The predicted octanol–water partition coefficient (Wildman–Crippen LogP) is 3.90. The van der Waals surface area contributed by atoms with Crippen molar-refractivity contribution in [2.24, 2.45) is 0 Å². The highest BCUT2D eigenvalue weighted by molar-refractivity contribution is 7.92. The van der Waals surface area contributed by atoms with Gasteiger partial charge in [0, 0.05) is 24.4 Å². The Labute approximate surface area is 201 Å². The van der Waals surface area contributed by atoms with Gasteiger partial charge < -0.3 is 20.1 Å². The largest absolute Gasteiger partial charge is 0.486 e. The van der Waals surface area contributed by atoms with Crippen LogP contribution in [0.15, 0.2) is 71.6 Å². The number of para-hydroxylation sites is 2. The number of nitrogens with one attached hydrogen (secondary N) is 3. The van der Waals surface area contributed by atoms with Crippen molar-refractivity contribution in [2.45, 2.75) is 11.8 Å². The molecule has 0 saturated heterocycles. The van der Waals surface area contributed by atoms with E-state index >= 15 is 0 Å². The minimum atomic E-state index is -4.01. The van der Waals surface area contributed by atoms with E-state index < -0.39 is 10.0 Å². The fourth-order valence-electron chi connectivity index (χ4n) is 3.52. The molecule has 4 aromatic rings. The fraction of sp³-hybridized carbons (Fsp3) is 0.125. The number of anilines is 4. The zero-order valence-electron chi connectivity index (χ0n) is 18.6. The number of carbonyl (C=O) groups is 1. The van der Waals surface area contributed by atoms with Crippen molar-refractivity contribution < 1.29 is 22.7 Å². The molecule has 1 aromatic heterocycles. The van der Waals surface area contributed by atoms with Gasteiger partial charge in [0.1, 0.15) is 13.2 Å². The van der Waals surface area contributed by atoms with E-state index in [0.29, 0.717) is 47.1 Å². The van der Waals surface area contributed by atoms with Gasteiger partial charge >= 0.3 is 0 Å². The summed E-state index contributed by atoms with van der Waals surface area (Å²) in [6.07, 6.45) is 0. The highest BCUT2D eigenvalue weighted by Gasteiger charge is 2.20. The van der Waals surface area contributed by atoms with Crippen molar-refractivity contribution in [3.8, 4) is 11.5 Å². The number of hydrogen-bond donors (Lipinski definition) is 3. The monoisotopic (exact) mass is 491 g/mol. The van der Waals surface area contributed by atoms with E-state index in [1.54, 1.807) is 36.4 Å². The van der Waals surface area contributed by atoms with Crippen LogP contribution in [0.1, 0.15) is 6.92 Å². The summed E-state index contributed by atoms with van der Waals surface area (Å²) in [5.74, 6) is 1.22. The number of aromatic nitrogens is 2. The quantitative estimate of drug-likeness (QED) is 0.370. The maximum Gasteiger partial charge on any atom is 0.263 e. The molecule has 3 aromatic carbocycles. The summed E-state index contributed by atoms with van der Waals surface area (Å²) in [6.45, 7) is 2.30. The van der Waals surface area contributed by atoms with E-state index in [4.69, 9.17) is 9.47 Å². The lowest BCUT2D eigenvalue weighted by Crippen LogP contribution is -2.16. The molecule has 35 heavy (non-hydrogen) atoms. The molecule has 5 rings (SSSR count). The van der Waals surface area contributed by atoms with Gasteiger partial charge in [-0.2, -0.15) is 0 Å². The van der Waals surface area contributed by atoms with Gasteiger partial charge in [-0.25, -0.2) is 18.4 Å². The third kappa shape index (κ3) is 4.94. The summed E-state index contributed by atoms with van der Waals surface area (Å²) in [7, 11) is -4.01. The van der Waals surface area contributed by atoms with Crippen LogP contribution in [0.2, 0.25) is 0 Å². The Kier molecular flexibility index (Phi) is 5.83. The van der Waals surface area contributed by atoms with E-state index in [0.717, 1.165) is 0 Å². The number of benzene rings is 3. The first-order valence-electron chi connectivity index (χ1n) is 10.7. The standard InChI is InChI=1S/C24H21N5O5S/c1-15(30)25-16-6-9-18(10-7-16)35(31,32)29-24-23(27-19-4-2-3-5-20(19)28-24)26-17-8-11-21-22(14-17)34-13-12-33-21/h2-11,14H,12-13H2,1H3,(H,25,30)(H,26,27)(H,28,29). The number of hydrogen-bond acceptors (Lipinski definition) is 8. The highest BCUT2D eigenvalue weighted by atomic mass is 32.2. The first-order chi connectivity index (χ1) is 16.9. The van der Waals surface area contributed by atoms with Gasteiger partial charge in [0.2, 0.25) is 5.91 Å². The van der Waals surface area contributed by atoms with Crippen molar-refractivity contribution in [1.29, 1.82) is 0 Å². The van der Waals surface area contributed by atoms with Gasteiger partial charge in [0.25, 0.3) is 10.0 Å². The molecule has 10 nitrogen and oxygen atoms in total. The minimum absolute atomic E-state index is 0.00633. The van der Waals surface area contributed by atoms with Crippen LogP contribution in [0.5, 0.6) is 11.5 Å². The van der Waals surface area contributed by atoms with Crippen LogP contribution in [0.3, 0.4) is 0 Å². The average Bonchev–Trinajstić information content (AvgIpc) is 2.84. The van der Waals surface area contributed by atoms with Crippen LogP contribution >= 0.6 is 0 Å². The molecule has 0 atom stereocenters. The smallest absolute Gasteiger partial charge is 0.263 e. The molecule has 178 valence electrons. The van der Waals surface area contributed by atoms with Crippen molar-refractivity contribution in [3.05, 3.63) is 66.7 Å². The van der Waals surface area contributed by atoms with Crippen molar-refractivity contribution in [1.82, 2.24) is 9.97 Å². The SMILES string of the molecule is CC(=O)Nc1ccc(S(=O)(=O)Nc2nc3ccccc3nc2Nc2ccc3c(c2)OCCO3)cc1. The van der Waals surface area contributed by atoms with E-state index in [-0.39, 0.29) is 22.4 Å². The van der Waals surface area contributed by atoms with Crippen LogP contribution in [0.25, 0.3) is 11.0 Å². The lowest BCUT2D eigenvalue weighted by atomic mass is 10.2. The molecule has 0 aliphatic carbocycles. The normalized spacial score (nSPS) is 12.7. The van der Waals surface area contributed by atoms with Gasteiger partial charge in [-0.1, -0.05) is 12.1 Å². The lowest BCUT2D eigenvalue weighted by molar-refractivity contribution is -0.114. The van der Waals surface area contributed by atoms with Crippen LogP contribution in [-0.4, -0.2) is 37.5 Å². The molecule has 0 unspecified atom stereocenters. The van der Waals surface area contributed by atoms with E-state index in [1.807, 2.05) is 6.07 Å². The number of fused-ring (bicyclic) bond motifs is 2. The maximum absolute atomic E-state index is 13.1. The van der Waals surface area contributed by atoms with Gasteiger partial charge in [0.15, 0.2) is 23.1 Å². The average molecular weight is 492 g/mol. The number of carbonyl (C=O) groups excluding carboxylic acids is 1. The zero-order chi connectivity index (χ0) is 24.4. The Balaban J connectivity index is 1.49. The molecule has 3 N–H and O–H groups in total. The molecule has 0 radical (unpaired) electrons. The number of sulfonamides is 1. The minimum Gasteiger partial charge on any atom is -0.486 e. The van der Waals surface area contributed by atoms with Crippen molar-refractivity contribution >= 4 is 50.0 Å². The van der Waals surface area contributed by atoms with Crippen molar-refractivity contribution in [3.63, 3.8) is 0 Å². The molecule has 0 saturated carbocycles. The molecular formula is C24H21N5O5S. The number of nitrogens with zero attached hydrogens (tertiary/aromatic N) is 2. The highest BCUT2D eigenvalue weighted by Crippen LogP contribution is 2.35. The molecular weight excluding hydrogens is 470 g/mol. The Morgan fingerprint density at radius 1 is 0.829 bits per heavy atom. The van der Waals surface area contributed by atoms with Gasteiger partial charge in [0.05, 0.1) is 15.9 Å². The summed E-state index contributed by atoms with van der Waals surface area (Å²) >= 11 is 0. The molecule has 1 aliphatic heterocycles. The first kappa shape index (κ1) is 22.4. The van der Waals surface area contributed by atoms with Crippen LogP contribution in [0.4, 0.5) is 23.0 Å². The molecule has 1 aliphatic rings. The number of rotatable bonds is 6. The Morgan fingerprint density at radius 3 is 2.14 bits per heavy atom.